The molecule has 1 aromatic carbocycles. The lowest BCUT2D eigenvalue weighted by Crippen LogP contribution is -2.32. The van der Waals surface area contributed by atoms with Gasteiger partial charge in [0.05, 0.1) is 34.4 Å². The number of nitrogens with zero attached hydrogens (tertiary/aromatic N) is 4. The van der Waals surface area contributed by atoms with Crippen molar-refractivity contribution < 1.29 is 18.0 Å². The highest BCUT2D eigenvalue weighted by atomic mass is 19.4. The van der Waals surface area contributed by atoms with Crippen LogP contribution in [0.4, 0.5) is 19.0 Å². The van der Waals surface area contributed by atoms with Crippen LogP contribution in [0.25, 0.3) is 16.6 Å². The molecule has 3 heterocycles. The Balaban J connectivity index is 1.46. The number of benzene rings is 1. The lowest BCUT2D eigenvalue weighted by atomic mass is 10.1. The van der Waals surface area contributed by atoms with Crippen molar-refractivity contribution in [2.45, 2.75) is 25.6 Å². The third kappa shape index (κ3) is 3.86. The van der Waals surface area contributed by atoms with Crippen LogP contribution in [0.3, 0.4) is 0 Å². The number of rotatable bonds is 5. The molecule has 32 heavy (non-hydrogen) atoms. The number of pyridine rings is 1. The summed E-state index contributed by atoms with van der Waals surface area (Å²) in [5.41, 5.74) is 8.27. The Hall–Kier alpha value is -3.62. The van der Waals surface area contributed by atoms with E-state index in [2.05, 4.69) is 9.97 Å². The number of carbonyl (C=O) groups is 1. The summed E-state index contributed by atoms with van der Waals surface area (Å²) in [6.45, 7) is 0.683. The highest BCUT2D eigenvalue weighted by Crippen LogP contribution is 2.32. The number of halogens is 3. The minimum Gasteiger partial charge on any atom is -0.382 e. The Morgan fingerprint density at radius 3 is 2.66 bits per heavy atom. The van der Waals surface area contributed by atoms with E-state index in [1.807, 2.05) is 22.7 Å². The van der Waals surface area contributed by atoms with Crippen molar-refractivity contribution in [3.63, 3.8) is 0 Å². The smallest absolute Gasteiger partial charge is 0.382 e. The minimum absolute atomic E-state index is 0.143. The SMILES string of the molecule is Nc1nc2ccc(C(=O)N(Cc3ccc(C(F)(F)F)cn3)CC3CC3)cc2n2cccc12. The van der Waals surface area contributed by atoms with E-state index in [1.165, 1.54) is 6.07 Å². The fourth-order valence-electron chi connectivity index (χ4n) is 3.83. The molecule has 1 saturated carbocycles. The van der Waals surface area contributed by atoms with E-state index >= 15 is 0 Å². The number of anilines is 1. The first-order valence-electron chi connectivity index (χ1n) is 10.3. The maximum absolute atomic E-state index is 13.4. The molecule has 0 saturated heterocycles. The molecule has 1 fully saturated rings. The van der Waals surface area contributed by atoms with Crippen LogP contribution in [-0.4, -0.2) is 31.7 Å². The number of nitrogens with two attached hydrogens (primary N) is 1. The quantitative estimate of drug-likeness (QED) is 0.496. The Morgan fingerprint density at radius 2 is 1.97 bits per heavy atom. The van der Waals surface area contributed by atoms with Crippen LogP contribution in [0.2, 0.25) is 0 Å². The lowest BCUT2D eigenvalue weighted by Gasteiger charge is -2.23. The molecule has 0 aliphatic heterocycles. The van der Waals surface area contributed by atoms with Gasteiger partial charge in [0.2, 0.25) is 0 Å². The fourth-order valence-corrected chi connectivity index (χ4v) is 3.83. The van der Waals surface area contributed by atoms with E-state index in [0.717, 1.165) is 36.1 Å². The van der Waals surface area contributed by atoms with Gasteiger partial charge in [-0.15, -0.1) is 0 Å². The number of aromatic nitrogens is 3. The summed E-state index contributed by atoms with van der Waals surface area (Å²) in [5.74, 6) is 0.620. The van der Waals surface area contributed by atoms with Gasteiger partial charge in [0.15, 0.2) is 0 Å². The molecule has 1 amide bonds. The summed E-state index contributed by atoms with van der Waals surface area (Å²) >= 11 is 0. The second-order valence-electron chi connectivity index (χ2n) is 8.13. The maximum atomic E-state index is 13.4. The van der Waals surface area contributed by atoms with Crippen LogP contribution in [0.1, 0.15) is 34.5 Å². The van der Waals surface area contributed by atoms with Crippen molar-refractivity contribution in [1.82, 2.24) is 19.3 Å². The molecule has 6 nitrogen and oxygen atoms in total. The number of hydrogen-bond acceptors (Lipinski definition) is 4. The monoisotopic (exact) mass is 439 g/mol. The van der Waals surface area contributed by atoms with Crippen LogP contribution < -0.4 is 5.73 Å². The predicted octanol–water partition coefficient (Wildman–Crippen LogP) is 4.54. The molecular formula is C23H20F3N5O. The van der Waals surface area contributed by atoms with Gasteiger partial charge >= 0.3 is 6.18 Å². The molecule has 0 radical (unpaired) electrons. The summed E-state index contributed by atoms with van der Waals surface area (Å²) < 4.78 is 40.4. The zero-order valence-electron chi connectivity index (χ0n) is 17.0. The molecule has 1 aliphatic carbocycles. The summed E-state index contributed by atoms with van der Waals surface area (Å²) in [5, 5.41) is 0. The number of amides is 1. The molecule has 3 aromatic heterocycles. The second-order valence-corrected chi connectivity index (χ2v) is 8.13. The lowest BCUT2D eigenvalue weighted by molar-refractivity contribution is -0.137. The van der Waals surface area contributed by atoms with Gasteiger partial charge in [-0.3, -0.25) is 9.78 Å². The Kier molecular flexibility index (Phi) is 4.76. The zero-order valence-corrected chi connectivity index (χ0v) is 17.0. The van der Waals surface area contributed by atoms with E-state index in [-0.39, 0.29) is 12.5 Å². The average molecular weight is 439 g/mol. The predicted molar refractivity (Wildman–Crippen MR) is 114 cm³/mol. The van der Waals surface area contributed by atoms with Crippen LogP contribution in [0, 0.1) is 5.92 Å². The summed E-state index contributed by atoms with van der Waals surface area (Å²) in [6.07, 6.45) is 0.299. The van der Waals surface area contributed by atoms with Gasteiger partial charge in [-0.1, -0.05) is 0 Å². The highest BCUT2D eigenvalue weighted by molar-refractivity contribution is 5.98. The van der Waals surface area contributed by atoms with Crippen molar-refractivity contribution in [2.24, 2.45) is 5.92 Å². The molecular weight excluding hydrogens is 419 g/mol. The third-order valence-corrected chi connectivity index (χ3v) is 5.70. The van der Waals surface area contributed by atoms with Crippen LogP contribution in [0.5, 0.6) is 0 Å². The number of fused-ring (bicyclic) bond motifs is 3. The molecule has 0 spiro atoms. The van der Waals surface area contributed by atoms with Crippen LogP contribution in [-0.2, 0) is 12.7 Å². The molecule has 4 aromatic rings. The first-order valence-corrected chi connectivity index (χ1v) is 10.3. The van der Waals surface area contributed by atoms with Crippen LogP contribution >= 0.6 is 0 Å². The normalized spacial score (nSPS) is 14.2. The number of hydrogen-bond donors (Lipinski definition) is 1. The molecule has 0 atom stereocenters. The largest absolute Gasteiger partial charge is 0.417 e. The highest BCUT2D eigenvalue weighted by Gasteiger charge is 2.31. The Morgan fingerprint density at radius 1 is 1.16 bits per heavy atom. The average Bonchev–Trinajstić information content (AvgIpc) is 3.43. The van der Waals surface area contributed by atoms with Crippen LogP contribution in [0.15, 0.2) is 54.9 Å². The van der Waals surface area contributed by atoms with Crippen molar-refractivity contribution in [3.05, 3.63) is 71.7 Å². The first kappa shape index (κ1) is 20.3. The van der Waals surface area contributed by atoms with Crippen molar-refractivity contribution >= 4 is 28.3 Å². The van der Waals surface area contributed by atoms with Gasteiger partial charge in [-0.05, 0) is 61.2 Å². The summed E-state index contributed by atoms with van der Waals surface area (Å²) in [6, 6.07) is 11.3. The Bertz CT molecular complexity index is 1310. The van der Waals surface area contributed by atoms with E-state index in [9.17, 15) is 18.0 Å². The minimum atomic E-state index is -4.44. The standard InChI is InChI=1S/C23H20F3N5O/c24-23(25,26)16-6-7-17(28-11-16)13-30(12-14-3-4-14)22(32)15-5-8-18-20(10-15)31-9-1-2-19(31)21(27)29-18/h1-2,5-11,14H,3-4,12-13H2,(H2,27,29). The van der Waals surface area contributed by atoms with Gasteiger partial charge in [-0.25, -0.2) is 4.98 Å². The van der Waals surface area contributed by atoms with Crippen molar-refractivity contribution in [2.75, 3.05) is 12.3 Å². The van der Waals surface area contributed by atoms with Gasteiger partial charge in [0, 0.05) is 24.5 Å². The summed E-state index contributed by atoms with van der Waals surface area (Å²) in [4.78, 5) is 23.4. The molecule has 9 heteroatoms. The van der Waals surface area contributed by atoms with Gasteiger partial charge < -0.3 is 15.0 Å². The molecule has 164 valence electrons. The van der Waals surface area contributed by atoms with E-state index in [4.69, 9.17) is 5.73 Å². The number of alkyl halides is 3. The van der Waals surface area contributed by atoms with E-state index < -0.39 is 11.7 Å². The third-order valence-electron chi connectivity index (χ3n) is 5.70. The van der Waals surface area contributed by atoms with Crippen molar-refractivity contribution in [1.29, 1.82) is 0 Å². The van der Waals surface area contributed by atoms with Crippen molar-refractivity contribution in [3.8, 4) is 0 Å². The Labute approximate surface area is 181 Å². The van der Waals surface area contributed by atoms with Gasteiger partial charge in [0.1, 0.15) is 5.82 Å². The first-order chi connectivity index (χ1) is 15.3. The van der Waals surface area contributed by atoms with Gasteiger partial charge in [-0.2, -0.15) is 13.2 Å². The number of nitrogen functional groups attached to an aromatic ring is 1. The van der Waals surface area contributed by atoms with Gasteiger partial charge in [0.25, 0.3) is 5.91 Å². The number of carbonyl (C=O) groups excluding carboxylic acids is 1. The second kappa shape index (κ2) is 7.51. The molecule has 5 rings (SSSR count). The zero-order chi connectivity index (χ0) is 22.5. The summed E-state index contributed by atoms with van der Waals surface area (Å²) in [7, 11) is 0. The molecule has 0 unspecified atom stereocenters. The molecule has 1 aliphatic rings. The fraction of sp³-hybridized carbons (Fsp3) is 0.261. The molecule has 2 N–H and O–H groups in total. The van der Waals surface area contributed by atoms with E-state index in [1.54, 1.807) is 23.1 Å². The maximum Gasteiger partial charge on any atom is 0.417 e. The molecule has 0 bridgehead atoms. The topological polar surface area (TPSA) is 76.5 Å². The van der Waals surface area contributed by atoms with E-state index in [0.29, 0.717) is 35.1 Å².